The zero-order valence-electron chi connectivity index (χ0n) is 18.4. The Balaban J connectivity index is 1.88. The SMILES string of the molecule is Cc1ccc(S(=O)(=O)n2c(-c3ccccc3)c([Se]c3ccccc3)c3cc(C)ccc32)cc1. The van der Waals surface area contributed by atoms with Crippen molar-refractivity contribution in [3.05, 3.63) is 114 Å². The molecule has 0 aliphatic rings. The molecular weight excluding hydrogens is 493 g/mol. The molecule has 33 heavy (non-hydrogen) atoms. The molecule has 0 bridgehead atoms. The van der Waals surface area contributed by atoms with E-state index in [0.29, 0.717) is 10.4 Å². The van der Waals surface area contributed by atoms with Gasteiger partial charge in [0.25, 0.3) is 0 Å². The van der Waals surface area contributed by atoms with Crippen molar-refractivity contribution in [2.75, 3.05) is 0 Å². The van der Waals surface area contributed by atoms with Crippen molar-refractivity contribution in [1.29, 1.82) is 0 Å². The van der Waals surface area contributed by atoms with Crippen molar-refractivity contribution in [3.63, 3.8) is 0 Å². The van der Waals surface area contributed by atoms with E-state index in [1.165, 1.54) is 4.46 Å². The molecule has 5 rings (SSSR count). The van der Waals surface area contributed by atoms with E-state index in [1.807, 2.05) is 86.6 Å². The molecule has 0 aliphatic carbocycles. The van der Waals surface area contributed by atoms with E-state index >= 15 is 0 Å². The molecule has 0 spiro atoms. The van der Waals surface area contributed by atoms with Gasteiger partial charge in [-0.05, 0) is 0 Å². The van der Waals surface area contributed by atoms with Gasteiger partial charge in [-0.1, -0.05) is 0 Å². The third-order valence-corrected chi connectivity index (χ3v) is 9.69. The first-order valence-electron chi connectivity index (χ1n) is 10.7. The van der Waals surface area contributed by atoms with Crippen molar-refractivity contribution in [2.24, 2.45) is 0 Å². The molecule has 0 saturated carbocycles. The minimum absolute atomic E-state index is 0.0769. The van der Waals surface area contributed by atoms with E-state index in [2.05, 4.69) is 18.2 Å². The second-order valence-corrected chi connectivity index (χ2v) is 12.1. The summed E-state index contributed by atoms with van der Waals surface area (Å²) in [6.07, 6.45) is 0. The van der Waals surface area contributed by atoms with Gasteiger partial charge in [-0.25, -0.2) is 0 Å². The van der Waals surface area contributed by atoms with Crippen LogP contribution in [-0.4, -0.2) is 27.3 Å². The quantitative estimate of drug-likeness (QED) is 0.315. The predicted octanol–water partition coefficient (Wildman–Crippen LogP) is 4.82. The van der Waals surface area contributed by atoms with Gasteiger partial charge in [-0.15, -0.1) is 0 Å². The zero-order valence-corrected chi connectivity index (χ0v) is 20.9. The normalized spacial score (nSPS) is 11.7. The molecule has 0 saturated heterocycles. The van der Waals surface area contributed by atoms with Crippen molar-refractivity contribution >= 4 is 44.8 Å². The molecule has 5 aromatic rings. The third-order valence-electron chi connectivity index (χ3n) is 5.60. The average molecular weight is 517 g/mol. The molecule has 0 amide bonds. The number of nitrogens with zero attached hydrogens (tertiary/aromatic N) is 1. The van der Waals surface area contributed by atoms with Crippen LogP contribution >= 0.6 is 0 Å². The van der Waals surface area contributed by atoms with Gasteiger partial charge in [-0.3, -0.25) is 0 Å². The monoisotopic (exact) mass is 517 g/mol. The van der Waals surface area contributed by atoms with Gasteiger partial charge in [0.05, 0.1) is 0 Å². The summed E-state index contributed by atoms with van der Waals surface area (Å²) in [6.45, 7) is 4.01. The Morgan fingerprint density at radius 3 is 1.97 bits per heavy atom. The standard InChI is InChI=1S/C28H23NO2SSe/c1-20-13-16-23(17-14-20)32(30,31)29-26-18-15-21(2)19-25(26)28(33-24-11-7-4-8-12-24)27(29)22-9-5-3-6-10-22/h3-19H,1-2H3. The number of aromatic nitrogens is 1. The fraction of sp³-hybridized carbons (Fsp3) is 0.0714. The third kappa shape index (κ3) is 4.04. The van der Waals surface area contributed by atoms with Crippen LogP contribution in [0.25, 0.3) is 22.2 Å². The van der Waals surface area contributed by atoms with Gasteiger partial charge in [0.15, 0.2) is 0 Å². The molecule has 0 radical (unpaired) electrons. The molecule has 0 fully saturated rings. The van der Waals surface area contributed by atoms with Gasteiger partial charge in [0.2, 0.25) is 0 Å². The number of aryl methyl sites for hydroxylation is 2. The maximum atomic E-state index is 14.1. The molecular formula is C28H23NO2SSe. The minimum atomic E-state index is -3.82. The van der Waals surface area contributed by atoms with Crippen LogP contribution in [0.5, 0.6) is 0 Å². The van der Waals surface area contributed by atoms with Crippen LogP contribution in [0.2, 0.25) is 0 Å². The molecule has 164 valence electrons. The molecule has 4 aromatic carbocycles. The first-order chi connectivity index (χ1) is 15.9. The topological polar surface area (TPSA) is 39.1 Å². The van der Waals surface area contributed by atoms with Gasteiger partial charge in [-0.2, -0.15) is 0 Å². The van der Waals surface area contributed by atoms with Crippen LogP contribution in [0.1, 0.15) is 11.1 Å². The summed E-state index contributed by atoms with van der Waals surface area (Å²) < 4.78 is 32.0. The van der Waals surface area contributed by atoms with Crippen LogP contribution in [0, 0.1) is 13.8 Å². The number of hydrogen-bond acceptors (Lipinski definition) is 2. The van der Waals surface area contributed by atoms with Gasteiger partial charge in [0.1, 0.15) is 0 Å². The van der Waals surface area contributed by atoms with Crippen LogP contribution in [0.3, 0.4) is 0 Å². The molecule has 0 atom stereocenters. The Hall–Kier alpha value is -3.11. The summed E-state index contributed by atoms with van der Waals surface area (Å²) in [5.74, 6) is 0. The van der Waals surface area contributed by atoms with E-state index in [4.69, 9.17) is 0 Å². The van der Waals surface area contributed by atoms with Crippen molar-refractivity contribution in [3.8, 4) is 11.3 Å². The first kappa shape index (κ1) is 21.7. The van der Waals surface area contributed by atoms with E-state index in [-0.39, 0.29) is 15.0 Å². The van der Waals surface area contributed by atoms with Gasteiger partial charge >= 0.3 is 201 Å². The average Bonchev–Trinajstić information content (AvgIpc) is 3.14. The van der Waals surface area contributed by atoms with Crippen LogP contribution < -0.4 is 8.92 Å². The summed E-state index contributed by atoms with van der Waals surface area (Å²) in [4.78, 5) is 0.293. The fourth-order valence-corrected chi connectivity index (χ4v) is 7.97. The van der Waals surface area contributed by atoms with E-state index < -0.39 is 10.0 Å². The summed E-state index contributed by atoms with van der Waals surface area (Å²) in [6, 6.07) is 33.3. The van der Waals surface area contributed by atoms with E-state index in [0.717, 1.165) is 32.2 Å². The van der Waals surface area contributed by atoms with Crippen molar-refractivity contribution < 1.29 is 8.42 Å². The second kappa shape index (κ2) is 8.68. The van der Waals surface area contributed by atoms with Crippen LogP contribution in [0.15, 0.2) is 108 Å². The van der Waals surface area contributed by atoms with E-state index in [9.17, 15) is 8.42 Å². The number of rotatable bonds is 5. The Morgan fingerprint density at radius 1 is 0.697 bits per heavy atom. The summed E-state index contributed by atoms with van der Waals surface area (Å²) in [5.41, 5.74) is 4.50. The Bertz CT molecular complexity index is 1540. The molecule has 1 aromatic heterocycles. The van der Waals surface area contributed by atoms with Crippen LogP contribution in [-0.2, 0) is 10.0 Å². The van der Waals surface area contributed by atoms with Crippen molar-refractivity contribution in [2.45, 2.75) is 18.7 Å². The number of benzene rings is 4. The molecule has 5 heteroatoms. The van der Waals surface area contributed by atoms with Gasteiger partial charge < -0.3 is 0 Å². The maximum absolute atomic E-state index is 14.1. The summed E-state index contributed by atoms with van der Waals surface area (Å²) >= 11 is -0.0769. The second-order valence-electron chi connectivity index (χ2n) is 8.06. The number of fused-ring (bicyclic) bond motifs is 1. The number of hydrogen-bond donors (Lipinski definition) is 0. The Labute approximate surface area is 200 Å². The van der Waals surface area contributed by atoms with Gasteiger partial charge in [0, 0.05) is 0 Å². The summed E-state index contributed by atoms with van der Waals surface area (Å²) in [7, 11) is -3.82. The van der Waals surface area contributed by atoms with Crippen LogP contribution in [0.4, 0.5) is 0 Å². The zero-order chi connectivity index (χ0) is 23.0. The first-order valence-corrected chi connectivity index (χ1v) is 13.9. The molecule has 0 unspecified atom stereocenters. The molecule has 1 heterocycles. The van der Waals surface area contributed by atoms with E-state index in [1.54, 1.807) is 16.1 Å². The molecule has 3 nitrogen and oxygen atoms in total. The molecule has 0 N–H and O–H groups in total. The summed E-state index contributed by atoms with van der Waals surface area (Å²) in [5, 5.41) is 0.994. The molecule has 0 aliphatic heterocycles. The Kier molecular flexibility index (Phi) is 5.71. The fourth-order valence-electron chi connectivity index (χ4n) is 3.97. The Morgan fingerprint density at radius 2 is 1.30 bits per heavy atom. The predicted molar refractivity (Wildman–Crippen MR) is 137 cm³/mol. The van der Waals surface area contributed by atoms with Crippen molar-refractivity contribution in [1.82, 2.24) is 3.97 Å².